The van der Waals surface area contributed by atoms with E-state index in [1.54, 1.807) is 18.7 Å². The molecule has 8 heteroatoms. The Kier molecular flexibility index (Phi) is 6.88. The third-order valence-electron chi connectivity index (χ3n) is 6.53. The molecule has 1 heterocycles. The van der Waals surface area contributed by atoms with Gasteiger partial charge in [-0.05, 0) is 42.5 Å². The molecule has 2 N–H and O–H groups in total. The van der Waals surface area contributed by atoms with Gasteiger partial charge in [0.2, 0.25) is 5.91 Å². The molecule has 0 spiro atoms. The van der Waals surface area contributed by atoms with Crippen molar-refractivity contribution in [3.8, 4) is 11.1 Å². The Balaban J connectivity index is 1.35. The van der Waals surface area contributed by atoms with Gasteiger partial charge in [-0.25, -0.2) is 4.79 Å². The minimum atomic E-state index is -1.15. The Bertz CT molecular complexity index is 1040. The smallest absolute Gasteiger partial charge is 0.408 e. The van der Waals surface area contributed by atoms with Crippen molar-refractivity contribution in [3.63, 3.8) is 0 Å². The Morgan fingerprint density at radius 1 is 0.971 bits per heavy atom. The highest BCUT2D eigenvalue weighted by Crippen LogP contribution is 2.44. The van der Waals surface area contributed by atoms with Crippen molar-refractivity contribution in [2.75, 3.05) is 39.3 Å². The van der Waals surface area contributed by atoms with E-state index in [2.05, 4.69) is 29.6 Å². The van der Waals surface area contributed by atoms with Crippen LogP contribution in [0.3, 0.4) is 0 Å². The van der Waals surface area contributed by atoms with E-state index in [9.17, 15) is 14.4 Å². The number of carbonyl (C=O) groups is 3. The summed E-state index contributed by atoms with van der Waals surface area (Å²) >= 11 is 0. The van der Waals surface area contributed by atoms with E-state index in [1.165, 1.54) is 0 Å². The highest BCUT2D eigenvalue weighted by molar-refractivity contribution is 5.89. The zero-order chi connectivity index (χ0) is 24.3. The first-order valence-corrected chi connectivity index (χ1v) is 11.6. The molecule has 0 unspecified atom stereocenters. The van der Waals surface area contributed by atoms with Gasteiger partial charge in [0.25, 0.3) is 0 Å². The van der Waals surface area contributed by atoms with Crippen LogP contribution in [-0.2, 0) is 14.3 Å². The molecule has 1 saturated heterocycles. The summed E-state index contributed by atoms with van der Waals surface area (Å²) in [6.45, 7) is 5.51. The maximum Gasteiger partial charge on any atom is 0.408 e. The number of alkyl carbamates (subject to hydrolysis) is 1. The first-order chi connectivity index (χ1) is 16.3. The van der Waals surface area contributed by atoms with E-state index < -0.39 is 17.6 Å². The monoisotopic (exact) mass is 465 g/mol. The average Bonchev–Trinajstić information content (AvgIpc) is 2.93. The number of hydrogen-bond donors (Lipinski definition) is 2. The van der Waals surface area contributed by atoms with E-state index in [-0.39, 0.29) is 25.0 Å². The fraction of sp³-hybridized carbons (Fsp3) is 0.423. The quantitative estimate of drug-likeness (QED) is 0.681. The number of nitrogens with one attached hydrogen (secondary N) is 1. The summed E-state index contributed by atoms with van der Waals surface area (Å²) in [4.78, 5) is 40.3. The number of amides is 2. The van der Waals surface area contributed by atoms with Crippen molar-refractivity contribution >= 4 is 18.0 Å². The number of benzene rings is 2. The number of carboxylic acids is 1. The third kappa shape index (κ3) is 5.07. The van der Waals surface area contributed by atoms with Crippen LogP contribution >= 0.6 is 0 Å². The molecule has 8 nitrogen and oxygen atoms in total. The van der Waals surface area contributed by atoms with Crippen molar-refractivity contribution in [1.29, 1.82) is 0 Å². The van der Waals surface area contributed by atoms with Crippen LogP contribution in [0.4, 0.5) is 4.79 Å². The van der Waals surface area contributed by atoms with Crippen LogP contribution in [0.2, 0.25) is 0 Å². The minimum absolute atomic E-state index is 0.0383. The SMILES string of the molecule is CC(C)(NC(=O)OCC1c2ccccc2-c2ccccc21)C(=O)N1CCCN(CC(=O)O)CC1. The number of carbonyl (C=O) groups excluding carboxylic acids is 2. The number of aliphatic carboxylic acids is 1. The number of nitrogens with zero attached hydrogens (tertiary/aromatic N) is 2. The zero-order valence-corrected chi connectivity index (χ0v) is 19.6. The molecule has 2 aliphatic rings. The maximum absolute atomic E-state index is 13.1. The normalized spacial score (nSPS) is 16.4. The number of carboxylic acid groups (broad SMARTS) is 1. The lowest BCUT2D eigenvalue weighted by Gasteiger charge is -2.31. The molecule has 1 aliphatic carbocycles. The highest BCUT2D eigenvalue weighted by atomic mass is 16.5. The standard InChI is InChI=1S/C26H31N3O5/c1-26(2,24(32)29-13-7-12-28(14-15-29)16-23(30)31)27-25(33)34-17-22-20-10-5-3-8-18(20)19-9-4-6-11-21(19)22/h3-6,8-11,22H,7,12-17H2,1-2H3,(H,27,33)(H,30,31). The fourth-order valence-corrected chi connectivity index (χ4v) is 4.86. The van der Waals surface area contributed by atoms with Gasteiger partial charge in [-0.3, -0.25) is 14.5 Å². The molecule has 0 aromatic heterocycles. The van der Waals surface area contributed by atoms with Gasteiger partial charge in [-0.15, -0.1) is 0 Å². The predicted octanol–water partition coefficient (Wildman–Crippen LogP) is 2.92. The molecule has 4 rings (SSSR count). The predicted molar refractivity (Wildman–Crippen MR) is 128 cm³/mol. The summed E-state index contributed by atoms with van der Waals surface area (Å²) < 4.78 is 5.60. The van der Waals surface area contributed by atoms with Crippen LogP contribution in [0.25, 0.3) is 11.1 Å². The molecule has 0 radical (unpaired) electrons. The van der Waals surface area contributed by atoms with Crippen LogP contribution in [0.5, 0.6) is 0 Å². The number of hydrogen-bond acceptors (Lipinski definition) is 5. The average molecular weight is 466 g/mol. The van der Waals surface area contributed by atoms with E-state index in [1.807, 2.05) is 29.2 Å². The lowest BCUT2D eigenvalue weighted by Crippen LogP contribution is -2.56. The second-order valence-corrected chi connectivity index (χ2v) is 9.39. The Hall–Kier alpha value is -3.39. The summed E-state index contributed by atoms with van der Waals surface area (Å²) in [5, 5.41) is 11.7. The summed E-state index contributed by atoms with van der Waals surface area (Å²) in [7, 11) is 0. The van der Waals surface area contributed by atoms with Gasteiger partial charge in [0.1, 0.15) is 12.1 Å². The third-order valence-corrected chi connectivity index (χ3v) is 6.53. The van der Waals surface area contributed by atoms with E-state index in [0.717, 1.165) is 22.3 Å². The van der Waals surface area contributed by atoms with E-state index >= 15 is 0 Å². The summed E-state index contributed by atoms with van der Waals surface area (Å²) in [6, 6.07) is 16.2. The molecular weight excluding hydrogens is 434 g/mol. The molecule has 2 amide bonds. The van der Waals surface area contributed by atoms with Crippen LogP contribution in [0.15, 0.2) is 48.5 Å². The van der Waals surface area contributed by atoms with E-state index in [4.69, 9.17) is 9.84 Å². The fourth-order valence-electron chi connectivity index (χ4n) is 4.86. The Morgan fingerprint density at radius 3 is 2.21 bits per heavy atom. The van der Waals surface area contributed by atoms with Crippen molar-refractivity contribution in [1.82, 2.24) is 15.1 Å². The zero-order valence-electron chi connectivity index (χ0n) is 19.6. The largest absolute Gasteiger partial charge is 0.480 e. The molecule has 0 atom stereocenters. The molecular formula is C26H31N3O5. The van der Waals surface area contributed by atoms with Gasteiger partial charge < -0.3 is 20.1 Å². The second kappa shape index (κ2) is 9.85. The van der Waals surface area contributed by atoms with Crippen LogP contribution in [0.1, 0.15) is 37.3 Å². The van der Waals surface area contributed by atoms with Gasteiger partial charge >= 0.3 is 12.1 Å². The molecule has 2 aromatic carbocycles. The van der Waals surface area contributed by atoms with Gasteiger partial charge in [0, 0.05) is 32.1 Å². The van der Waals surface area contributed by atoms with Crippen molar-refractivity contribution in [2.24, 2.45) is 0 Å². The van der Waals surface area contributed by atoms with Crippen LogP contribution in [0, 0.1) is 0 Å². The molecule has 2 aromatic rings. The molecule has 0 saturated carbocycles. The summed E-state index contributed by atoms with van der Waals surface area (Å²) in [5.74, 6) is -1.14. The number of rotatable bonds is 6. The molecule has 0 bridgehead atoms. The molecule has 1 fully saturated rings. The minimum Gasteiger partial charge on any atom is -0.480 e. The Morgan fingerprint density at radius 2 is 1.59 bits per heavy atom. The first-order valence-electron chi connectivity index (χ1n) is 11.6. The number of ether oxygens (including phenoxy) is 1. The summed E-state index contributed by atoms with van der Waals surface area (Å²) in [6.07, 6.45) is 0.0441. The van der Waals surface area contributed by atoms with Crippen molar-refractivity contribution in [3.05, 3.63) is 59.7 Å². The molecule has 1 aliphatic heterocycles. The van der Waals surface area contributed by atoms with E-state index in [0.29, 0.717) is 32.6 Å². The maximum atomic E-state index is 13.1. The molecule has 180 valence electrons. The topological polar surface area (TPSA) is 99.2 Å². The highest BCUT2D eigenvalue weighted by Gasteiger charge is 2.36. The van der Waals surface area contributed by atoms with Crippen LogP contribution in [-0.4, -0.2) is 77.7 Å². The van der Waals surface area contributed by atoms with Gasteiger partial charge in [0.15, 0.2) is 0 Å². The van der Waals surface area contributed by atoms with Crippen molar-refractivity contribution < 1.29 is 24.2 Å². The van der Waals surface area contributed by atoms with Gasteiger partial charge in [0.05, 0.1) is 6.54 Å². The van der Waals surface area contributed by atoms with Gasteiger partial charge in [-0.2, -0.15) is 0 Å². The van der Waals surface area contributed by atoms with Crippen molar-refractivity contribution in [2.45, 2.75) is 31.7 Å². The molecule has 34 heavy (non-hydrogen) atoms. The Labute approximate surface area is 199 Å². The first kappa shape index (κ1) is 23.8. The second-order valence-electron chi connectivity index (χ2n) is 9.39. The lowest BCUT2D eigenvalue weighted by atomic mass is 9.98. The lowest BCUT2D eigenvalue weighted by molar-refractivity contribution is -0.138. The van der Waals surface area contributed by atoms with Gasteiger partial charge in [-0.1, -0.05) is 48.5 Å². The number of fused-ring (bicyclic) bond motifs is 3. The van der Waals surface area contributed by atoms with Crippen LogP contribution < -0.4 is 5.32 Å². The summed E-state index contributed by atoms with van der Waals surface area (Å²) in [5.41, 5.74) is 3.41.